The largest absolute Gasteiger partial charge is 0.497 e. The first-order valence-electron chi connectivity index (χ1n) is 11.6. The minimum atomic E-state index is -0.948. The number of imide groups is 1. The summed E-state index contributed by atoms with van der Waals surface area (Å²) in [5.74, 6) is 0.477. The minimum absolute atomic E-state index is 0.0289. The average molecular weight is 463 g/mol. The molecule has 4 rings (SSSR count). The summed E-state index contributed by atoms with van der Waals surface area (Å²) in [5, 5.41) is 2.94. The van der Waals surface area contributed by atoms with Crippen LogP contribution < -0.4 is 10.1 Å². The van der Waals surface area contributed by atoms with Crippen LogP contribution in [0.4, 0.5) is 4.79 Å². The van der Waals surface area contributed by atoms with Crippen LogP contribution in [0.25, 0.3) is 6.08 Å². The van der Waals surface area contributed by atoms with Gasteiger partial charge in [-0.3, -0.25) is 19.5 Å². The zero-order valence-corrected chi connectivity index (χ0v) is 19.6. The number of pyridine rings is 1. The average Bonchev–Trinajstić information content (AvgIpc) is 3.10. The molecule has 0 saturated carbocycles. The summed E-state index contributed by atoms with van der Waals surface area (Å²) >= 11 is 0. The smallest absolute Gasteiger partial charge is 0.325 e. The Kier molecular flexibility index (Phi) is 6.95. The third-order valence-electron chi connectivity index (χ3n) is 6.79. The van der Waals surface area contributed by atoms with Gasteiger partial charge in [-0.1, -0.05) is 18.2 Å². The number of likely N-dealkylation sites (tertiary alicyclic amines) is 1. The summed E-state index contributed by atoms with van der Waals surface area (Å²) in [6.07, 6.45) is 6.80. The molecule has 0 radical (unpaired) electrons. The number of nitrogens with one attached hydrogen (secondary N) is 1. The highest BCUT2D eigenvalue weighted by Gasteiger charge is 2.52. The third-order valence-corrected chi connectivity index (χ3v) is 6.79. The fourth-order valence-electron chi connectivity index (χ4n) is 4.64. The van der Waals surface area contributed by atoms with Gasteiger partial charge in [-0.15, -0.1) is 0 Å². The lowest BCUT2D eigenvalue weighted by Gasteiger charge is -2.38. The molecule has 1 atom stereocenters. The number of piperidine rings is 1. The predicted molar refractivity (Wildman–Crippen MR) is 128 cm³/mol. The summed E-state index contributed by atoms with van der Waals surface area (Å²) in [6, 6.07) is 12.8. The molecule has 2 aliphatic heterocycles. The van der Waals surface area contributed by atoms with Gasteiger partial charge in [0.15, 0.2) is 0 Å². The van der Waals surface area contributed by atoms with Crippen LogP contribution in [0.15, 0.2) is 54.7 Å². The maximum Gasteiger partial charge on any atom is 0.325 e. The molecule has 1 aromatic heterocycles. The second kappa shape index (κ2) is 10.1. The van der Waals surface area contributed by atoms with Crippen molar-refractivity contribution in [1.29, 1.82) is 0 Å². The van der Waals surface area contributed by atoms with Crippen molar-refractivity contribution in [3.8, 4) is 5.75 Å². The number of carbonyl (C=O) groups is 3. The van der Waals surface area contributed by atoms with Gasteiger partial charge in [-0.2, -0.15) is 0 Å². The number of hydrogen-bond acceptors (Lipinski definition) is 5. The molecule has 34 heavy (non-hydrogen) atoms. The third kappa shape index (κ3) is 4.95. The molecule has 8 nitrogen and oxygen atoms in total. The number of hydrogen-bond donors (Lipinski definition) is 1. The highest BCUT2D eigenvalue weighted by molar-refractivity contribution is 6.07. The van der Waals surface area contributed by atoms with E-state index in [0.29, 0.717) is 38.9 Å². The standard InChI is InChI=1S/C26H30N4O4/c1-26(20-13-16-29(17-14-20)23(31)11-8-21-5-3-4-15-27-21)24(32)30(25(33)28-26)18-12-19-6-9-22(34-2)10-7-19/h3-11,15,20H,12-14,16-18H2,1-2H3,(H,28,33)/b11-8+/t26-/m0/s1. The van der Waals surface area contributed by atoms with Gasteiger partial charge in [0.25, 0.3) is 5.91 Å². The number of carbonyl (C=O) groups excluding carboxylic acids is 3. The Morgan fingerprint density at radius 3 is 2.56 bits per heavy atom. The van der Waals surface area contributed by atoms with E-state index >= 15 is 0 Å². The number of aromatic nitrogens is 1. The van der Waals surface area contributed by atoms with Crippen molar-refractivity contribution in [2.45, 2.75) is 31.7 Å². The van der Waals surface area contributed by atoms with E-state index in [4.69, 9.17) is 4.74 Å². The molecule has 0 aliphatic carbocycles. The van der Waals surface area contributed by atoms with Gasteiger partial charge in [0, 0.05) is 31.9 Å². The van der Waals surface area contributed by atoms with Gasteiger partial charge in [0.05, 0.1) is 12.8 Å². The Morgan fingerprint density at radius 1 is 1.18 bits per heavy atom. The minimum Gasteiger partial charge on any atom is -0.497 e. The lowest BCUT2D eigenvalue weighted by Crippen LogP contribution is -2.54. The molecule has 0 spiro atoms. The molecule has 1 aromatic carbocycles. The molecule has 0 bridgehead atoms. The van der Waals surface area contributed by atoms with Crippen LogP contribution in [0.1, 0.15) is 31.0 Å². The number of amides is 4. The molecule has 2 fully saturated rings. The summed E-state index contributed by atoms with van der Waals surface area (Å²) in [5.41, 5.74) is 0.809. The van der Waals surface area contributed by atoms with E-state index in [0.717, 1.165) is 17.0 Å². The van der Waals surface area contributed by atoms with Crippen LogP contribution in [0.3, 0.4) is 0 Å². The molecular formula is C26H30N4O4. The molecular weight excluding hydrogens is 432 g/mol. The van der Waals surface area contributed by atoms with Crippen molar-refractivity contribution < 1.29 is 19.1 Å². The van der Waals surface area contributed by atoms with Gasteiger partial charge >= 0.3 is 6.03 Å². The maximum absolute atomic E-state index is 13.3. The molecule has 3 heterocycles. The first kappa shape index (κ1) is 23.5. The Morgan fingerprint density at radius 2 is 1.91 bits per heavy atom. The molecule has 178 valence electrons. The van der Waals surface area contributed by atoms with Gasteiger partial charge in [0.1, 0.15) is 11.3 Å². The van der Waals surface area contributed by atoms with Crippen LogP contribution in [0.5, 0.6) is 5.75 Å². The second-order valence-corrected chi connectivity index (χ2v) is 8.87. The summed E-state index contributed by atoms with van der Waals surface area (Å²) in [6.45, 7) is 3.22. The number of nitrogens with zero attached hydrogens (tertiary/aromatic N) is 3. The van der Waals surface area contributed by atoms with Crippen molar-refractivity contribution in [3.05, 3.63) is 66.0 Å². The van der Waals surface area contributed by atoms with Gasteiger partial charge in [-0.25, -0.2) is 4.79 Å². The Bertz CT molecular complexity index is 1060. The SMILES string of the molecule is COc1ccc(CCN2C(=O)N[C@@](C)(C3CCN(C(=O)/C=C/c4ccccn4)CC3)C2=O)cc1. The Hall–Kier alpha value is -3.68. The van der Waals surface area contributed by atoms with Crippen LogP contribution in [-0.4, -0.2) is 64.9 Å². The highest BCUT2D eigenvalue weighted by Crippen LogP contribution is 2.33. The lowest BCUT2D eigenvalue weighted by molar-refractivity contribution is -0.134. The van der Waals surface area contributed by atoms with E-state index in [-0.39, 0.29) is 23.8 Å². The Balaban J connectivity index is 1.32. The first-order chi connectivity index (χ1) is 16.4. The van der Waals surface area contributed by atoms with Gasteiger partial charge < -0.3 is 15.0 Å². The zero-order valence-electron chi connectivity index (χ0n) is 19.6. The van der Waals surface area contributed by atoms with Crippen LogP contribution in [0.2, 0.25) is 0 Å². The second-order valence-electron chi connectivity index (χ2n) is 8.87. The number of ether oxygens (including phenoxy) is 1. The lowest BCUT2D eigenvalue weighted by atomic mass is 9.79. The predicted octanol–water partition coefficient (Wildman–Crippen LogP) is 2.90. The topological polar surface area (TPSA) is 91.8 Å². The number of rotatable bonds is 7. The van der Waals surface area contributed by atoms with Crippen LogP contribution in [-0.2, 0) is 16.0 Å². The monoisotopic (exact) mass is 462 g/mol. The van der Waals surface area contributed by atoms with Crippen molar-refractivity contribution in [2.75, 3.05) is 26.7 Å². The molecule has 2 aromatic rings. The quantitative estimate of drug-likeness (QED) is 0.505. The van der Waals surface area contributed by atoms with E-state index < -0.39 is 5.54 Å². The van der Waals surface area contributed by atoms with E-state index in [2.05, 4.69) is 10.3 Å². The van der Waals surface area contributed by atoms with Crippen LogP contribution >= 0.6 is 0 Å². The molecule has 8 heteroatoms. The van der Waals surface area contributed by atoms with Gasteiger partial charge in [0.2, 0.25) is 5.91 Å². The van der Waals surface area contributed by atoms with Crippen molar-refractivity contribution in [2.24, 2.45) is 5.92 Å². The summed E-state index contributed by atoms with van der Waals surface area (Å²) in [4.78, 5) is 45.8. The normalized spacial score (nSPS) is 21.2. The molecule has 2 aliphatic rings. The number of methoxy groups -OCH3 is 1. The van der Waals surface area contributed by atoms with E-state index in [1.165, 1.54) is 11.0 Å². The first-order valence-corrected chi connectivity index (χ1v) is 11.6. The van der Waals surface area contributed by atoms with E-state index in [1.807, 2.05) is 49.4 Å². The molecule has 1 N–H and O–H groups in total. The van der Waals surface area contributed by atoms with E-state index in [1.54, 1.807) is 24.3 Å². The van der Waals surface area contributed by atoms with Gasteiger partial charge in [-0.05, 0) is 68.0 Å². The highest BCUT2D eigenvalue weighted by atomic mass is 16.5. The summed E-state index contributed by atoms with van der Waals surface area (Å²) in [7, 11) is 1.61. The molecule has 2 saturated heterocycles. The molecule has 0 unspecified atom stereocenters. The van der Waals surface area contributed by atoms with E-state index in [9.17, 15) is 14.4 Å². The van der Waals surface area contributed by atoms with Crippen molar-refractivity contribution in [3.63, 3.8) is 0 Å². The molecule has 4 amide bonds. The zero-order chi connectivity index (χ0) is 24.1. The van der Waals surface area contributed by atoms with Crippen molar-refractivity contribution in [1.82, 2.24) is 20.1 Å². The fourth-order valence-corrected chi connectivity index (χ4v) is 4.64. The number of urea groups is 1. The van der Waals surface area contributed by atoms with Crippen LogP contribution in [0, 0.1) is 5.92 Å². The summed E-state index contributed by atoms with van der Waals surface area (Å²) < 4.78 is 5.17. The number of benzene rings is 1. The Labute approximate surface area is 199 Å². The maximum atomic E-state index is 13.3. The fraction of sp³-hybridized carbons (Fsp3) is 0.385. The van der Waals surface area contributed by atoms with Crippen molar-refractivity contribution >= 4 is 23.9 Å².